The molecule has 0 aliphatic carbocycles. The first-order chi connectivity index (χ1) is 6.70. The molecule has 0 rings (SSSR count). The van der Waals surface area contributed by atoms with Crippen LogP contribution < -0.4 is 0 Å². The summed E-state index contributed by atoms with van der Waals surface area (Å²) in [6.07, 6.45) is 0.572. The van der Waals surface area contributed by atoms with E-state index in [0.717, 1.165) is 6.42 Å². The van der Waals surface area contributed by atoms with Crippen LogP contribution in [-0.4, -0.2) is 59.1 Å². The minimum atomic E-state index is -0.875. The molecule has 5 nitrogen and oxygen atoms in total. The lowest BCUT2D eigenvalue weighted by Crippen LogP contribution is -2.23. The molecule has 0 aromatic carbocycles. The highest BCUT2D eigenvalue weighted by atomic mass is 16.5. The monoisotopic (exact) mass is 208 g/mol. The summed E-state index contributed by atoms with van der Waals surface area (Å²) < 4.78 is 4.96. The van der Waals surface area contributed by atoms with Gasteiger partial charge in [-0.1, -0.05) is 0 Å². The Bertz CT molecular complexity index is 120. The van der Waals surface area contributed by atoms with E-state index in [-0.39, 0.29) is 26.4 Å². The predicted molar refractivity (Wildman–Crippen MR) is 50.9 cm³/mol. The van der Waals surface area contributed by atoms with Gasteiger partial charge < -0.3 is 25.2 Å². The largest absolute Gasteiger partial charge is 0.396 e. The average Bonchev–Trinajstić information content (AvgIpc) is 2.18. The van der Waals surface area contributed by atoms with E-state index in [0.29, 0.717) is 12.8 Å². The Morgan fingerprint density at radius 3 is 2.14 bits per heavy atom. The van der Waals surface area contributed by atoms with Crippen LogP contribution in [0.1, 0.15) is 19.3 Å². The molecule has 14 heavy (non-hydrogen) atoms. The molecule has 0 fully saturated rings. The van der Waals surface area contributed by atoms with Crippen molar-refractivity contribution in [2.45, 2.75) is 31.5 Å². The molecule has 0 aromatic heterocycles. The Morgan fingerprint density at radius 2 is 1.57 bits per heavy atom. The summed E-state index contributed by atoms with van der Waals surface area (Å²) in [5, 5.41) is 35.1. The van der Waals surface area contributed by atoms with Gasteiger partial charge in [-0.2, -0.15) is 0 Å². The normalized spacial score (nSPS) is 15.4. The van der Waals surface area contributed by atoms with Crippen molar-refractivity contribution < 1.29 is 25.2 Å². The zero-order valence-corrected chi connectivity index (χ0v) is 8.30. The molecule has 0 heterocycles. The summed E-state index contributed by atoms with van der Waals surface area (Å²) in [5.74, 6) is 0. The summed E-state index contributed by atoms with van der Waals surface area (Å²) >= 11 is 0. The van der Waals surface area contributed by atoms with Gasteiger partial charge in [0.25, 0.3) is 0 Å². The zero-order chi connectivity index (χ0) is 10.8. The van der Waals surface area contributed by atoms with Gasteiger partial charge in [0.15, 0.2) is 0 Å². The Kier molecular flexibility index (Phi) is 9.23. The average molecular weight is 208 g/mol. The lowest BCUT2D eigenvalue weighted by atomic mass is 10.2. The molecule has 5 heteroatoms. The third-order valence-corrected chi connectivity index (χ3v) is 1.78. The molecule has 0 bridgehead atoms. The van der Waals surface area contributed by atoms with Gasteiger partial charge in [0.05, 0.1) is 25.9 Å². The van der Waals surface area contributed by atoms with Crippen LogP contribution in [0.25, 0.3) is 0 Å². The summed E-state index contributed by atoms with van der Waals surface area (Å²) in [6, 6.07) is 0. The zero-order valence-electron chi connectivity index (χ0n) is 8.30. The molecule has 0 aromatic rings. The quantitative estimate of drug-likeness (QED) is 0.360. The van der Waals surface area contributed by atoms with Crippen LogP contribution in [0.5, 0.6) is 0 Å². The van der Waals surface area contributed by atoms with Gasteiger partial charge >= 0.3 is 0 Å². The van der Waals surface area contributed by atoms with E-state index >= 15 is 0 Å². The van der Waals surface area contributed by atoms with Crippen LogP contribution in [0.2, 0.25) is 0 Å². The molecule has 0 saturated carbocycles. The van der Waals surface area contributed by atoms with Gasteiger partial charge in [0.2, 0.25) is 0 Å². The molecule has 0 radical (unpaired) electrons. The number of hydrogen-bond donors (Lipinski definition) is 4. The van der Waals surface area contributed by atoms with Crippen LogP contribution >= 0.6 is 0 Å². The fourth-order valence-electron chi connectivity index (χ4n) is 0.968. The van der Waals surface area contributed by atoms with Crippen molar-refractivity contribution in [2.75, 3.05) is 26.4 Å². The van der Waals surface area contributed by atoms with Crippen molar-refractivity contribution in [3.05, 3.63) is 0 Å². The molecule has 0 saturated heterocycles. The van der Waals surface area contributed by atoms with E-state index in [1.54, 1.807) is 0 Å². The molecule has 0 aliphatic heterocycles. The molecule has 0 spiro atoms. The van der Waals surface area contributed by atoms with Crippen LogP contribution in [0, 0.1) is 0 Å². The first-order valence-corrected chi connectivity index (χ1v) is 4.86. The standard InChI is InChI=1S/C9H20O5/c10-4-2-1-3-8(12)6-14-7-9(13)5-11/h8-13H,1-7H2. The Morgan fingerprint density at radius 1 is 0.929 bits per heavy atom. The van der Waals surface area contributed by atoms with Gasteiger partial charge in [-0.25, -0.2) is 0 Å². The fourth-order valence-corrected chi connectivity index (χ4v) is 0.968. The van der Waals surface area contributed by atoms with Crippen molar-refractivity contribution in [3.63, 3.8) is 0 Å². The van der Waals surface area contributed by atoms with Gasteiger partial charge in [-0.05, 0) is 19.3 Å². The molecule has 0 amide bonds. The Labute approximate surface area is 83.9 Å². The fraction of sp³-hybridized carbons (Fsp3) is 1.00. The molecular formula is C9H20O5. The summed E-state index contributed by atoms with van der Waals surface area (Å²) in [6.45, 7) is -0.00649. The predicted octanol–water partition coefficient (Wildman–Crippen LogP) is -1.12. The van der Waals surface area contributed by atoms with Crippen LogP contribution in [0.15, 0.2) is 0 Å². The second-order valence-electron chi connectivity index (χ2n) is 3.25. The molecule has 2 unspecified atom stereocenters. The van der Waals surface area contributed by atoms with E-state index in [9.17, 15) is 5.11 Å². The highest BCUT2D eigenvalue weighted by Crippen LogP contribution is 2.01. The SMILES string of the molecule is OCCCCC(O)COCC(O)CO. The van der Waals surface area contributed by atoms with Gasteiger partial charge in [-0.3, -0.25) is 0 Å². The highest BCUT2D eigenvalue weighted by Gasteiger charge is 2.06. The molecule has 2 atom stereocenters. The van der Waals surface area contributed by atoms with E-state index in [1.807, 2.05) is 0 Å². The molecule has 86 valence electrons. The van der Waals surface area contributed by atoms with Crippen LogP contribution in [0.4, 0.5) is 0 Å². The maximum absolute atomic E-state index is 9.31. The second kappa shape index (κ2) is 9.36. The van der Waals surface area contributed by atoms with E-state index in [4.69, 9.17) is 20.1 Å². The van der Waals surface area contributed by atoms with Gasteiger partial charge in [0, 0.05) is 6.61 Å². The second-order valence-corrected chi connectivity index (χ2v) is 3.25. The number of ether oxygens (including phenoxy) is 1. The third-order valence-electron chi connectivity index (χ3n) is 1.78. The molecular weight excluding hydrogens is 188 g/mol. The first kappa shape index (κ1) is 13.8. The minimum Gasteiger partial charge on any atom is -0.396 e. The maximum atomic E-state index is 9.31. The number of aliphatic hydroxyl groups is 4. The van der Waals surface area contributed by atoms with Gasteiger partial charge in [0.1, 0.15) is 6.10 Å². The van der Waals surface area contributed by atoms with Crippen molar-refractivity contribution in [2.24, 2.45) is 0 Å². The summed E-state index contributed by atoms with van der Waals surface area (Å²) in [7, 11) is 0. The summed E-state index contributed by atoms with van der Waals surface area (Å²) in [4.78, 5) is 0. The van der Waals surface area contributed by atoms with Crippen molar-refractivity contribution in [1.29, 1.82) is 0 Å². The van der Waals surface area contributed by atoms with E-state index in [1.165, 1.54) is 0 Å². The highest BCUT2D eigenvalue weighted by molar-refractivity contribution is 4.56. The maximum Gasteiger partial charge on any atom is 0.100 e. The number of aliphatic hydroxyl groups excluding tert-OH is 4. The number of rotatable bonds is 9. The van der Waals surface area contributed by atoms with Gasteiger partial charge in [-0.15, -0.1) is 0 Å². The summed E-state index contributed by atoms with van der Waals surface area (Å²) in [5.41, 5.74) is 0. The smallest absolute Gasteiger partial charge is 0.100 e. The minimum absolute atomic E-state index is 0.0353. The van der Waals surface area contributed by atoms with Crippen molar-refractivity contribution in [1.82, 2.24) is 0 Å². The Hall–Kier alpha value is -0.200. The topological polar surface area (TPSA) is 90.2 Å². The van der Waals surface area contributed by atoms with Crippen LogP contribution in [0.3, 0.4) is 0 Å². The third kappa shape index (κ3) is 8.40. The molecule has 4 N–H and O–H groups in total. The first-order valence-electron chi connectivity index (χ1n) is 4.86. The van der Waals surface area contributed by atoms with Crippen molar-refractivity contribution in [3.8, 4) is 0 Å². The lowest BCUT2D eigenvalue weighted by molar-refractivity contribution is -0.0263. The van der Waals surface area contributed by atoms with Crippen molar-refractivity contribution >= 4 is 0 Å². The van der Waals surface area contributed by atoms with E-state index < -0.39 is 12.2 Å². The molecule has 0 aliphatic rings. The van der Waals surface area contributed by atoms with E-state index in [2.05, 4.69) is 0 Å². The number of hydrogen-bond acceptors (Lipinski definition) is 5. The number of unbranched alkanes of at least 4 members (excludes halogenated alkanes) is 1. The lowest BCUT2D eigenvalue weighted by Gasteiger charge is -2.12. The Balaban J connectivity index is 3.21. The van der Waals surface area contributed by atoms with Crippen LogP contribution in [-0.2, 0) is 4.74 Å².